The van der Waals surface area contributed by atoms with E-state index in [1.165, 1.54) is 0 Å². The smallest absolute Gasteiger partial charge is 0.307 e. The number of rotatable bonds is 6. The minimum Gasteiger partial charge on any atom is -0.493 e. The summed E-state index contributed by atoms with van der Waals surface area (Å²) < 4.78 is 5.90. The standard InChI is InChI=1S/C22H25NO4/c24-20(23-12-10-22(11-13-23)15-18(22)21(25)26)9-4-14-27-19-8-3-6-16-5-1-2-7-17(16)19/h1-3,5-8,18H,4,9-15H2,(H,25,26). The van der Waals surface area contributed by atoms with E-state index in [1.807, 2.05) is 35.2 Å². The molecule has 1 heterocycles. The molecule has 0 bridgehead atoms. The number of benzene rings is 2. The number of fused-ring (bicyclic) bond motifs is 1. The summed E-state index contributed by atoms with van der Waals surface area (Å²) in [6.45, 7) is 1.89. The van der Waals surface area contributed by atoms with Crippen LogP contribution in [0, 0.1) is 11.3 Å². The van der Waals surface area contributed by atoms with Crippen LogP contribution in [0.4, 0.5) is 0 Å². The van der Waals surface area contributed by atoms with Gasteiger partial charge in [0.1, 0.15) is 5.75 Å². The van der Waals surface area contributed by atoms with E-state index in [-0.39, 0.29) is 17.2 Å². The molecular weight excluding hydrogens is 342 g/mol. The van der Waals surface area contributed by atoms with Crippen molar-refractivity contribution in [3.63, 3.8) is 0 Å². The Morgan fingerprint density at radius 1 is 1.11 bits per heavy atom. The van der Waals surface area contributed by atoms with Crippen LogP contribution >= 0.6 is 0 Å². The second-order valence-electron chi connectivity index (χ2n) is 7.77. The van der Waals surface area contributed by atoms with Crippen LogP contribution in [0.15, 0.2) is 42.5 Å². The number of carbonyl (C=O) groups excluding carboxylic acids is 1. The van der Waals surface area contributed by atoms with Gasteiger partial charge in [0.2, 0.25) is 5.91 Å². The van der Waals surface area contributed by atoms with Crippen molar-refractivity contribution in [1.82, 2.24) is 4.90 Å². The fraction of sp³-hybridized carbons (Fsp3) is 0.455. The number of likely N-dealkylation sites (tertiary alicyclic amines) is 1. The molecule has 2 aliphatic rings. The summed E-state index contributed by atoms with van der Waals surface area (Å²) in [5, 5.41) is 11.4. The second kappa shape index (κ2) is 7.22. The van der Waals surface area contributed by atoms with E-state index in [1.54, 1.807) is 0 Å². The third kappa shape index (κ3) is 3.64. The molecule has 1 aliphatic carbocycles. The highest BCUT2D eigenvalue weighted by Gasteiger charge is 2.59. The largest absolute Gasteiger partial charge is 0.493 e. The van der Waals surface area contributed by atoms with E-state index in [0.717, 1.165) is 35.8 Å². The molecule has 1 saturated heterocycles. The molecule has 1 spiro atoms. The van der Waals surface area contributed by atoms with Gasteiger partial charge in [-0.25, -0.2) is 0 Å². The lowest BCUT2D eigenvalue weighted by Gasteiger charge is -2.32. The molecule has 1 amide bonds. The van der Waals surface area contributed by atoms with Crippen LogP contribution in [0.1, 0.15) is 32.1 Å². The van der Waals surface area contributed by atoms with Crippen LogP contribution in [0.5, 0.6) is 5.75 Å². The molecule has 4 rings (SSSR count). The molecule has 2 fully saturated rings. The van der Waals surface area contributed by atoms with Gasteiger partial charge in [-0.15, -0.1) is 0 Å². The quantitative estimate of drug-likeness (QED) is 0.791. The van der Waals surface area contributed by atoms with Crippen molar-refractivity contribution in [2.24, 2.45) is 11.3 Å². The molecule has 2 aromatic rings. The number of amides is 1. The van der Waals surface area contributed by atoms with Gasteiger partial charge in [0, 0.05) is 24.9 Å². The highest BCUT2D eigenvalue weighted by Crippen LogP contribution is 2.59. The average Bonchev–Trinajstić information content (AvgIpc) is 3.39. The molecule has 1 saturated carbocycles. The molecule has 1 unspecified atom stereocenters. The number of carbonyl (C=O) groups is 2. The summed E-state index contributed by atoms with van der Waals surface area (Å²) in [4.78, 5) is 25.4. The Kier molecular flexibility index (Phi) is 4.77. The first-order valence-electron chi connectivity index (χ1n) is 9.70. The van der Waals surface area contributed by atoms with E-state index in [9.17, 15) is 9.59 Å². The minimum atomic E-state index is -0.680. The predicted molar refractivity (Wildman–Crippen MR) is 103 cm³/mol. The van der Waals surface area contributed by atoms with E-state index in [4.69, 9.17) is 9.84 Å². The maximum atomic E-state index is 12.4. The number of ether oxygens (including phenoxy) is 1. The third-order valence-electron chi connectivity index (χ3n) is 6.14. The number of hydrogen-bond donors (Lipinski definition) is 1. The summed E-state index contributed by atoms with van der Waals surface area (Å²) in [7, 11) is 0. The Hall–Kier alpha value is -2.56. The number of piperidine rings is 1. The summed E-state index contributed by atoms with van der Waals surface area (Å²) in [6.07, 6.45) is 3.58. The minimum absolute atomic E-state index is 0.0277. The summed E-state index contributed by atoms with van der Waals surface area (Å²) >= 11 is 0. The normalized spacial score (nSPS) is 20.6. The molecule has 27 heavy (non-hydrogen) atoms. The van der Waals surface area contributed by atoms with Crippen molar-refractivity contribution >= 4 is 22.6 Å². The fourth-order valence-corrected chi connectivity index (χ4v) is 4.34. The average molecular weight is 367 g/mol. The van der Waals surface area contributed by atoms with Gasteiger partial charge in [0.05, 0.1) is 12.5 Å². The summed E-state index contributed by atoms with van der Waals surface area (Å²) in [6, 6.07) is 14.1. The first-order chi connectivity index (χ1) is 13.1. The van der Waals surface area contributed by atoms with Crippen molar-refractivity contribution in [3.05, 3.63) is 42.5 Å². The van der Waals surface area contributed by atoms with E-state index in [0.29, 0.717) is 32.5 Å². The molecule has 1 N–H and O–H groups in total. The van der Waals surface area contributed by atoms with E-state index < -0.39 is 5.97 Å². The third-order valence-corrected chi connectivity index (χ3v) is 6.14. The van der Waals surface area contributed by atoms with Gasteiger partial charge >= 0.3 is 5.97 Å². The molecule has 1 atom stereocenters. The molecule has 142 valence electrons. The topological polar surface area (TPSA) is 66.8 Å². The molecule has 1 aliphatic heterocycles. The number of aliphatic carboxylic acids is 1. The summed E-state index contributed by atoms with van der Waals surface area (Å²) in [5.41, 5.74) is -0.0277. The van der Waals surface area contributed by atoms with E-state index >= 15 is 0 Å². The zero-order chi connectivity index (χ0) is 18.9. The van der Waals surface area contributed by atoms with Crippen LogP contribution in [0.3, 0.4) is 0 Å². The van der Waals surface area contributed by atoms with Gasteiger partial charge in [-0.05, 0) is 42.6 Å². The van der Waals surface area contributed by atoms with Crippen molar-refractivity contribution in [3.8, 4) is 5.75 Å². The van der Waals surface area contributed by atoms with Crippen LogP contribution in [0.2, 0.25) is 0 Å². The van der Waals surface area contributed by atoms with Crippen molar-refractivity contribution in [2.45, 2.75) is 32.1 Å². The molecule has 0 aromatic heterocycles. The number of carboxylic acid groups (broad SMARTS) is 1. The highest BCUT2D eigenvalue weighted by atomic mass is 16.5. The lowest BCUT2D eigenvalue weighted by molar-refractivity contribution is -0.139. The van der Waals surface area contributed by atoms with Crippen LogP contribution in [0.25, 0.3) is 10.8 Å². The monoisotopic (exact) mass is 367 g/mol. The number of nitrogens with zero attached hydrogens (tertiary/aromatic N) is 1. The number of carboxylic acids is 1. The molecule has 5 heteroatoms. The van der Waals surface area contributed by atoms with E-state index in [2.05, 4.69) is 12.1 Å². The first kappa shape index (κ1) is 17.8. The molecular formula is C22H25NO4. The maximum Gasteiger partial charge on any atom is 0.307 e. The van der Waals surface area contributed by atoms with Crippen LogP contribution in [-0.4, -0.2) is 41.6 Å². The Morgan fingerprint density at radius 3 is 2.59 bits per heavy atom. The van der Waals surface area contributed by atoms with Gasteiger partial charge in [0.25, 0.3) is 0 Å². The first-order valence-corrected chi connectivity index (χ1v) is 9.70. The molecule has 0 radical (unpaired) electrons. The van der Waals surface area contributed by atoms with Gasteiger partial charge in [-0.3, -0.25) is 9.59 Å². The zero-order valence-electron chi connectivity index (χ0n) is 15.4. The SMILES string of the molecule is O=C(O)C1CC12CCN(C(=O)CCCOc1cccc3ccccc13)CC2. The van der Waals surface area contributed by atoms with Crippen molar-refractivity contribution < 1.29 is 19.4 Å². The second-order valence-corrected chi connectivity index (χ2v) is 7.77. The van der Waals surface area contributed by atoms with Gasteiger partial charge in [0.15, 0.2) is 0 Å². The Bertz CT molecular complexity index is 849. The predicted octanol–water partition coefficient (Wildman–Crippen LogP) is 3.71. The Labute approximate surface area is 158 Å². The summed E-state index contributed by atoms with van der Waals surface area (Å²) in [5.74, 6) is 0.136. The van der Waals surface area contributed by atoms with Crippen molar-refractivity contribution in [1.29, 1.82) is 0 Å². The van der Waals surface area contributed by atoms with Gasteiger partial charge in [-0.2, -0.15) is 0 Å². The van der Waals surface area contributed by atoms with Crippen LogP contribution in [-0.2, 0) is 9.59 Å². The molecule has 5 nitrogen and oxygen atoms in total. The van der Waals surface area contributed by atoms with Gasteiger partial charge < -0.3 is 14.7 Å². The number of hydrogen-bond acceptors (Lipinski definition) is 3. The van der Waals surface area contributed by atoms with Crippen molar-refractivity contribution in [2.75, 3.05) is 19.7 Å². The maximum absolute atomic E-state index is 12.4. The lowest BCUT2D eigenvalue weighted by atomic mass is 9.90. The zero-order valence-corrected chi connectivity index (χ0v) is 15.4. The highest BCUT2D eigenvalue weighted by molar-refractivity contribution is 5.88. The van der Waals surface area contributed by atoms with Crippen LogP contribution < -0.4 is 4.74 Å². The van der Waals surface area contributed by atoms with Gasteiger partial charge in [-0.1, -0.05) is 36.4 Å². The Morgan fingerprint density at radius 2 is 1.85 bits per heavy atom. The lowest BCUT2D eigenvalue weighted by Crippen LogP contribution is -2.40. The molecule has 2 aromatic carbocycles. The fourth-order valence-electron chi connectivity index (χ4n) is 4.34. The Balaban J connectivity index is 1.22.